The monoisotopic (exact) mass is 399 g/mol. The van der Waals surface area contributed by atoms with Gasteiger partial charge in [-0.3, -0.25) is 10.2 Å². The molecule has 3 rings (SSSR count). The molecule has 1 saturated heterocycles. The fourth-order valence-corrected chi connectivity index (χ4v) is 3.58. The Labute approximate surface area is 171 Å². The molecular weight excluding hydrogens is 370 g/mol. The second kappa shape index (κ2) is 9.15. The molecule has 1 heterocycles. The van der Waals surface area contributed by atoms with Crippen LogP contribution in [0.3, 0.4) is 0 Å². The van der Waals surface area contributed by atoms with Crippen molar-refractivity contribution in [2.45, 2.75) is 38.9 Å². The lowest BCUT2D eigenvalue weighted by Gasteiger charge is -2.23. The van der Waals surface area contributed by atoms with Gasteiger partial charge in [-0.2, -0.15) is 0 Å². The smallest absolute Gasteiger partial charge is 0.259 e. The minimum Gasteiger partial charge on any atom is -0.493 e. The van der Waals surface area contributed by atoms with Crippen molar-refractivity contribution < 1.29 is 19.0 Å². The van der Waals surface area contributed by atoms with Crippen LogP contribution in [0.25, 0.3) is 0 Å². The molecule has 0 aliphatic carbocycles. The SMILES string of the molecule is COc1ccc(C2C(C)NNC2NC(=O)COc2cc(C)ccc2C)cc1OC. The predicted molar refractivity (Wildman–Crippen MR) is 111 cm³/mol. The van der Waals surface area contributed by atoms with Crippen LogP contribution in [0, 0.1) is 13.8 Å². The highest BCUT2D eigenvalue weighted by Gasteiger charge is 2.35. The van der Waals surface area contributed by atoms with Gasteiger partial charge in [0.05, 0.1) is 14.2 Å². The summed E-state index contributed by atoms with van der Waals surface area (Å²) in [5.74, 6) is 1.88. The van der Waals surface area contributed by atoms with E-state index in [9.17, 15) is 4.79 Å². The van der Waals surface area contributed by atoms with E-state index >= 15 is 0 Å². The standard InChI is InChI=1S/C22H29N3O4/c1-13-6-7-14(2)18(10-13)29-12-20(26)23-22-21(15(3)24-25-22)16-8-9-17(27-4)19(11-16)28-5/h6-11,15,21-22,24-25H,12H2,1-5H3,(H,23,26). The van der Waals surface area contributed by atoms with Gasteiger partial charge in [-0.15, -0.1) is 0 Å². The van der Waals surface area contributed by atoms with Crippen LogP contribution in [0.5, 0.6) is 17.2 Å². The summed E-state index contributed by atoms with van der Waals surface area (Å²) in [6, 6.07) is 11.9. The van der Waals surface area contributed by atoms with Crippen LogP contribution in [0.4, 0.5) is 0 Å². The first-order chi connectivity index (χ1) is 13.9. The maximum atomic E-state index is 12.5. The summed E-state index contributed by atoms with van der Waals surface area (Å²) in [6.45, 7) is 5.97. The lowest BCUT2D eigenvalue weighted by atomic mass is 9.91. The van der Waals surface area contributed by atoms with Gasteiger partial charge in [0.1, 0.15) is 11.9 Å². The van der Waals surface area contributed by atoms with Gasteiger partial charge in [0.2, 0.25) is 0 Å². The average molecular weight is 399 g/mol. The zero-order valence-electron chi connectivity index (χ0n) is 17.5. The Kier molecular flexibility index (Phi) is 6.61. The zero-order chi connectivity index (χ0) is 21.0. The lowest BCUT2D eigenvalue weighted by Crippen LogP contribution is -2.47. The molecule has 7 nitrogen and oxygen atoms in total. The second-order valence-corrected chi connectivity index (χ2v) is 7.32. The van der Waals surface area contributed by atoms with Crippen molar-refractivity contribution in [3.8, 4) is 17.2 Å². The van der Waals surface area contributed by atoms with Crippen LogP contribution in [0.2, 0.25) is 0 Å². The summed E-state index contributed by atoms with van der Waals surface area (Å²) in [5.41, 5.74) is 9.49. The van der Waals surface area contributed by atoms with Gasteiger partial charge < -0.3 is 19.5 Å². The van der Waals surface area contributed by atoms with E-state index in [1.807, 2.05) is 50.2 Å². The molecule has 0 aromatic heterocycles. The van der Waals surface area contributed by atoms with Crippen LogP contribution < -0.4 is 30.4 Å². The maximum Gasteiger partial charge on any atom is 0.259 e. The number of aryl methyl sites for hydroxylation is 2. The highest BCUT2D eigenvalue weighted by Crippen LogP contribution is 2.34. The van der Waals surface area contributed by atoms with Crippen LogP contribution in [0.15, 0.2) is 36.4 Å². The van der Waals surface area contributed by atoms with Gasteiger partial charge in [0.15, 0.2) is 18.1 Å². The average Bonchev–Trinajstić information content (AvgIpc) is 3.08. The second-order valence-electron chi connectivity index (χ2n) is 7.32. The highest BCUT2D eigenvalue weighted by molar-refractivity contribution is 5.78. The number of nitrogens with one attached hydrogen (secondary N) is 3. The first-order valence-corrected chi connectivity index (χ1v) is 9.65. The third kappa shape index (κ3) is 4.81. The lowest BCUT2D eigenvalue weighted by molar-refractivity contribution is -0.124. The molecule has 29 heavy (non-hydrogen) atoms. The maximum absolute atomic E-state index is 12.5. The summed E-state index contributed by atoms with van der Waals surface area (Å²) in [4.78, 5) is 12.5. The van der Waals surface area contributed by atoms with Crippen LogP contribution in [-0.2, 0) is 4.79 Å². The van der Waals surface area contributed by atoms with Crippen LogP contribution in [-0.4, -0.2) is 38.9 Å². The Hall–Kier alpha value is -2.77. The Morgan fingerprint density at radius 3 is 2.48 bits per heavy atom. The minimum absolute atomic E-state index is 0.0134. The van der Waals surface area contributed by atoms with Crippen LogP contribution in [0.1, 0.15) is 29.5 Å². The number of hydrazine groups is 1. The number of benzene rings is 2. The minimum atomic E-state index is -0.280. The molecule has 7 heteroatoms. The summed E-state index contributed by atoms with van der Waals surface area (Å²) < 4.78 is 16.5. The Morgan fingerprint density at radius 2 is 1.76 bits per heavy atom. The number of hydrogen-bond acceptors (Lipinski definition) is 6. The predicted octanol–water partition coefficient (Wildman–Crippen LogP) is 2.42. The third-order valence-corrected chi connectivity index (χ3v) is 5.18. The van der Waals surface area contributed by atoms with Gasteiger partial charge in [-0.1, -0.05) is 18.2 Å². The number of hydrogen-bond donors (Lipinski definition) is 3. The molecule has 0 bridgehead atoms. The molecule has 156 valence electrons. The first kappa shape index (κ1) is 21.0. The van der Waals surface area contributed by atoms with Gasteiger partial charge in [0.25, 0.3) is 5.91 Å². The van der Waals surface area contributed by atoms with Gasteiger partial charge in [-0.25, -0.2) is 5.43 Å². The molecule has 1 aliphatic heterocycles. The van der Waals surface area contributed by atoms with E-state index in [1.165, 1.54) is 0 Å². The summed E-state index contributed by atoms with van der Waals surface area (Å²) in [5, 5.41) is 3.02. The van der Waals surface area contributed by atoms with Gasteiger partial charge >= 0.3 is 0 Å². The topological polar surface area (TPSA) is 80.9 Å². The fourth-order valence-electron chi connectivity index (χ4n) is 3.58. The Balaban J connectivity index is 1.68. The van der Waals surface area contributed by atoms with Crippen molar-refractivity contribution in [1.82, 2.24) is 16.2 Å². The number of rotatable bonds is 7. The van der Waals surface area contributed by atoms with E-state index in [-0.39, 0.29) is 30.6 Å². The van der Waals surface area contributed by atoms with Crippen molar-refractivity contribution in [2.75, 3.05) is 20.8 Å². The Bertz CT molecular complexity index is 871. The molecule has 1 aliphatic rings. The molecule has 1 amide bonds. The van der Waals surface area contributed by atoms with Crippen molar-refractivity contribution in [3.05, 3.63) is 53.1 Å². The van der Waals surface area contributed by atoms with E-state index in [2.05, 4.69) is 23.1 Å². The van der Waals surface area contributed by atoms with E-state index in [4.69, 9.17) is 14.2 Å². The van der Waals surface area contributed by atoms with E-state index < -0.39 is 0 Å². The number of amides is 1. The van der Waals surface area contributed by atoms with Gasteiger partial charge in [0, 0.05) is 12.0 Å². The molecule has 1 fully saturated rings. The van der Waals surface area contributed by atoms with Gasteiger partial charge in [-0.05, 0) is 55.7 Å². The zero-order valence-corrected chi connectivity index (χ0v) is 17.5. The number of carbonyl (C=O) groups is 1. The van der Waals surface area contributed by atoms with E-state index in [0.29, 0.717) is 11.5 Å². The molecule has 3 N–H and O–H groups in total. The summed E-state index contributed by atoms with van der Waals surface area (Å²) in [6.07, 6.45) is -0.280. The van der Waals surface area contributed by atoms with E-state index in [0.717, 1.165) is 22.4 Å². The third-order valence-electron chi connectivity index (χ3n) is 5.18. The van der Waals surface area contributed by atoms with Crippen molar-refractivity contribution in [2.24, 2.45) is 0 Å². The normalized spacial score (nSPS) is 20.9. The van der Waals surface area contributed by atoms with Crippen LogP contribution >= 0.6 is 0 Å². The Morgan fingerprint density at radius 1 is 1.00 bits per heavy atom. The molecule has 3 atom stereocenters. The molecule has 0 radical (unpaired) electrons. The highest BCUT2D eigenvalue weighted by atomic mass is 16.5. The molecule has 2 aromatic rings. The summed E-state index contributed by atoms with van der Waals surface area (Å²) in [7, 11) is 3.22. The number of methoxy groups -OCH3 is 2. The quantitative estimate of drug-likeness (QED) is 0.664. The van der Waals surface area contributed by atoms with Crippen molar-refractivity contribution in [1.29, 1.82) is 0 Å². The molecule has 3 unspecified atom stereocenters. The molecule has 0 saturated carbocycles. The molecule has 0 spiro atoms. The molecule has 2 aromatic carbocycles. The molecular formula is C22H29N3O4. The van der Waals surface area contributed by atoms with Crippen molar-refractivity contribution >= 4 is 5.91 Å². The summed E-state index contributed by atoms with van der Waals surface area (Å²) >= 11 is 0. The largest absolute Gasteiger partial charge is 0.493 e. The first-order valence-electron chi connectivity index (χ1n) is 9.65. The number of ether oxygens (including phenoxy) is 3. The van der Waals surface area contributed by atoms with Crippen molar-refractivity contribution in [3.63, 3.8) is 0 Å². The van der Waals surface area contributed by atoms with E-state index in [1.54, 1.807) is 14.2 Å². The fraction of sp³-hybridized carbons (Fsp3) is 0.409. The number of carbonyl (C=O) groups excluding carboxylic acids is 1.